The SMILES string of the molecule is CCCC1CCC(CN[C@@H](C)C(N)=O)CC1. The van der Waals surface area contributed by atoms with Gasteiger partial charge in [0.2, 0.25) is 5.91 Å². The summed E-state index contributed by atoms with van der Waals surface area (Å²) in [5, 5.41) is 3.22. The summed E-state index contributed by atoms with van der Waals surface area (Å²) in [5.74, 6) is 1.45. The molecule has 0 aromatic heterocycles. The molecule has 3 nitrogen and oxygen atoms in total. The third-order valence-corrected chi connectivity index (χ3v) is 3.80. The summed E-state index contributed by atoms with van der Waals surface area (Å²) in [6.45, 7) is 5.05. The molecule has 1 atom stereocenters. The lowest BCUT2D eigenvalue weighted by Crippen LogP contribution is -2.41. The van der Waals surface area contributed by atoms with E-state index >= 15 is 0 Å². The number of carbonyl (C=O) groups excluding carboxylic acids is 1. The van der Waals surface area contributed by atoms with E-state index in [1.807, 2.05) is 6.92 Å². The van der Waals surface area contributed by atoms with Crippen LogP contribution in [0.3, 0.4) is 0 Å². The van der Waals surface area contributed by atoms with Crippen LogP contribution in [-0.2, 0) is 4.79 Å². The first-order chi connectivity index (χ1) is 7.63. The van der Waals surface area contributed by atoms with Gasteiger partial charge in [0.1, 0.15) is 0 Å². The smallest absolute Gasteiger partial charge is 0.234 e. The molecule has 1 amide bonds. The van der Waals surface area contributed by atoms with Crippen molar-refractivity contribution in [2.75, 3.05) is 6.54 Å². The zero-order chi connectivity index (χ0) is 12.0. The summed E-state index contributed by atoms with van der Waals surface area (Å²) in [6.07, 6.45) is 8.05. The van der Waals surface area contributed by atoms with Crippen LogP contribution in [0.5, 0.6) is 0 Å². The zero-order valence-electron chi connectivity index (χ0n) is 10.7. The van der Waals surface area contributed by atoms with Crippen molar-refractivity contribution in [2.24, 2.45) is 17.6 Å². The molecule has 0 aliphatic heterocycles. The molecule has 0 unspecified atom stereocenters. The fourth-order valence-corrected chi connectivity index (χ4v) is 2.58. The van der Waals surface area contributed by atoms with Crippen molar-refractivity contribution < 1.29 is 4.79 Å². The van der Waals surface area contributed by atoms with Crippen LogP contribution >= 0.6 is 0 Å². The van der Waals surface area contributed by atoms with Crippen molar-refractivity contribution >= 4 is 5.91 Å². The molecule has 0 bridgehead atoms. The predicted molar refractivity (Wildman–Crippen MR) is 67.0 cm³/mol. The quantitative estimate of drug-likeness (QED) is 0.728. The number of amides is 1. The van der Waals surface area contributed by atoms with Gasteiger partial charge in [0.15, 0.2) is 0 Å². The van der Waals surface area contributed by atoms with Crippen molar-refractivity contribution in [3.8, 4) is 0 Å². The van der Waals surface area contributed by atoms with Gasteiger partial charge < -0.3 is 11.1 Å². The number of carbonyl (C=O) groups is 1. The van der Waals surface area contributed by atoms with Gasteiger partial charge in [0.05, 0.1) is 6.04 Å². The molecule has 1 aliphatic rings. The molecule has 1 saturated carbocycles. The standard InChI is InChI=1S/C13H26N2O/c1-3-4-11-5-7-12(8-6-11)9-15-10(2)13(14)16/h10-12,15H,3-9H2,1-2H3,(H2,14,16)/t10-,11?,12?/m0/s1. The molecule has 94 valence electrons. The maximum absolute atomic E-state index is 10.9. The molecule has 1 fully saturated rings. The molecule has 16 heavy (non-hydrogen) atoms. The van der Waals surface area contributed by atoms with Crippen molar-refractivity contribution in [2.45, 2.75) is 58.4 Å². The Bertz CT molecular complexity index is 210. The van der Waals surface area contributed by atoms with Crippen LogP contribution in [0.15, 0.2) is 0 Å². The van der Waals surface area contributed by atoms with Crippen molar-refractivity contribution in [1.29, 1.82) is 0 Å². The van der Waals surface area contributed by atoms with E-state index in [-0.39, 0.29) is 11.9 Å². The number of primary amides is 1. The topological polar surface area (TPSA) is 55.1 Å². The Morgan fingerprint density at radius 1 is 1.31 bits per heavy atom. The average Bonchev–Trinajstić information content (AvgIpc) is 2.28. The molecule has 0 spiro atoms. The Hall–Kier alpha value is -0.570. The van der Waals surface area contributed by atoms with Gasteiger partial charge in [-0.1, -0.05) is 32.6 Å². The van der Waals surface area contributed by atoms with Gasteiger partial charge in [0, 0.05) is 0 Å². The van der Waals surface area contributed by atoms with Crippen LogP contribution in [0, 0.1) is 11.8 Å². The Labute approximate surface area is 99.2 Å². The van der Waals surface area contributed by atoms with Gasteiger partial charge in [-0.05, 0) is 38.1 Å². The molecule has 0 radical (unpaired) electrons. The van der Waals surface area contributed by atoms with Crippen LogP contribution in [0.25, 0.3) is 0 Å². The third kappa shape index (κ3) is 4.52. The summed E-state index contributed by atoms with van der Waals surface area (Å²) < 4.78 is 0. The molecular formula is C13H26N2O. The van der Waals surface area contributed by atoms with Gasteiger partial charge in [-0.3, -0.25) is 4.79 Å². The summed E-state index contributed by atoms with van der Waals surface area (Å²) in [6, 6.07) is -0.187. The van der Waals surface area contributed by atoms with E-state index in [4.69, 9.17) is 5.73 Å². The Morgan fingerprint density at radius 2 is 1.88 bits per heavy atom. The van der Waals surface area contributed by atoms with Crippen LogP contribution in [0.2, 0.25) is 0 Å². The first kappa shape index (κ1) is 13.5. The van der Waals surface area contributed by atoms with Crippen molar-refractivity contribution in [3.63, 3.8) is 0 Å². The van der Waals surface area contributed by atoms with Crippen LogP contribution in [0.4, 0.5) is 0 Å². The maximum atomic E-state index is 10.9. The average molecular weight is 226 g/mol. The Morgan fingerprint density at radius 3 is 2.38 bits per heavy atom. The minimum absolute atomic E-state index is 0.187. The number of hydrogen-bond acceptors (Lipinski definition) is 2. The fraction of sp³-hybridized carbons (Fsp3) is 0.923. The second-order valence-electron chi connectivity index (χ2n) is 5.21. The van der Waals surface area contributed by atoms with Crippen LogP contribution < -0.4 is 11.1 Å². The second kappa shape index (κ2) is 6.89. The molecule has 3 heteroatoms. The highest BCUT2D eigenvalue weighted by molar-refractivity contribution is 5.79. The van der Waals surface area contributed by atoms with E-state index in [1.54, 1.807) is 0 Å². The summed E-state index contributed by atoms with van der Waals surface area (Å²) in [5.41, 5.74) is 5.21. The monoisotopic (exact) mass is 226 g/mol. The highest BCUT2D eigenvalue weighted by atomic mass is 16.1. The summed E-state index contributed by atoms with van der Waals surface area (Å²) in [7, 11) is 0. The zero-order valence-corrected chi connectivity index (χ0v) is 10.7. The van der Waals surface area contributed by atoms with E-state index < -0.39 is 0 Å². The van der Waals surface area contributed by atoms with E-state index in [0.717, 1.165) is 18.4 Å². The number of nitrogens with two attached hydrogens (primary N) is 1. The van der Waals surface area contributed by atoms with Crippen LogP contribution in [0.1, 0.15) is 52.4 Å². The molecule has 1 aliphatic carbocycles. The maximum Gasteiger partial charge on any atom is 0.234 e. The molecule has 0 saturated heterocycles. The van der Waals surface area contributed by atoms with Gasteiger partial charge in [-0.2, -0.15) is 0 Å². The van der Waals surface area contributed by atoms with E-state index in [2.05, 4.69) is 12.2 Å². The second-order valence-corrected chi connectivity index (χ2v) is 5.21. The van der Waals surface area contributed by atoms with E-state index in [0.29, 0.717) is 0 Å². The molecule has 0 heterocycles. The number of hydrogen-bond donors (Lipinski definition) is 2. The summed E-state index contributed by atoms with van der Waals surface area (Å²) in [4.78, 5) is 10.9. The minimum atomic E-state index is -0.250. The van der Waals surface area contributed by atoms with E-state index in [1.165, 1.54) is 38.5 Å². The Balaban J connectivity index is 2.14. The first-order valence-corrected chi connectivity index (χ1v) is 6.66. The Kier molecular flexibility index (Phi) is 5.81. The van der Waals surface area contributed by atoms with Crippen molar-refractivity contribution in [3.05, 3.63) is 0 Å². The van der Waals surface area contributed by atoms with Gasteiger partial charge >= 0.3 is 0 Å². The van der Waals surface area contributed by atoms with Gasteiger partial charge in [-0.25, -0.2) is 0 Å². The third-order valence-electron chi connectivity index (χ3n) is 3.80. The highest BCUT2D eigenvalue weighted by Gasteiger charge is 2.21. The lowest BCUT2D eigenvalue weighted by atomic mass is 9.80. The molecule has 0 aromatic rings. The summed E-state index contributed by atoms with van der Waals surface area (Å²) >= 11 is 0. The molecular weight excluding hydrogens is 200 g/mol. The molecule has 0 aromatic carbocycles. The number of rotatable bonds is 6. The van der Waals surface area contributed by atoms with Gasteiger partial charge in [0.25, 0.3) is 0 Å². The normalized spacial score (nSPS) is 27.6. The number of nitrogens with one attached hydrogen (secondary N) is 1. The minimum Gasteiger partial charge on any atom is -0.368 e. The predicted octanol–water partition coefficient (Wildman–Crippen LogP) is 2.06. The van der Waals surface area contributed by atoms with Crippen LogP contribution in [-0.4, -0.2) is 18.5 Å². The highest BCUT2D eigenvalue weighted by Crippen LogP contribution is 2.31. The molecule has 3 N–H and O–H groups in total. The fourth-order valence-electron chi connectivity index (χ4n) is 2.58. The van der Waals surface area contributed by atoms with Gasteiger partial charge in [-0.15, -0.1) is 0 Å². The lowest BCUT2D eigenvalue weighted by Gasteiger charge is -2.29. The molecule has 1 rings (SSSR count). The lowest BCUT2D eigenvalue weighted by molar-refractivity contribution is -0.119. The first-order valence-electron chi connectivity index (χ1n) is 6.66. The van der Waals surface area contributed by atoms with Crippen molar-refractivity contribution in [1.82, 2.24) is 5.32 Å². The van der Waals surface area contributed by atoms with E-state index in [9.17, 15) is 4.79 Å². The largest absolute Gasteiger partial charge is 0.368 e.